The molecule has 0 aliphatic carbocycles. The van der Waals surface area contributed by atoms with Crippen LogP contribution in [-0.2, 0) is 0 Å². The number of carboxylic acids is 1. The predicted octanol–water partition coefficient (Wildman–Crippen LogP) is 5.71. The molecule has 1 aliphatic rings. The van der Waals surface area contributed by atoms with E-state index in [0.717, 1.165) is 19.6 Å². The third-order valence-electron chi connectivity index (χ3n) is 7.01. The number of phenolic OH excluding ortho intramolecular Hbond substituents is 2. The van der Waals surface area contributed by atoms with Gasteiger partial charge in [0.2, 0.25) is 0 Å². The quantitative estimate of drug-likeness (QED) is 0.260. The number of carbonyl (C=O) groups excluding carboxylic acids is 1. The largest absolute Gasteiger partial charge is 0.508 e. The number of aromatic hydroxyl groups is 2. The van der Waals surface area contributed by atoms with Crippen LogP contribution in [0.5, 0.6) is 17.2 Å². The van der Waals surface area contributed by atoms with E-state index in [1.807, 2.05) is 0 Å². The van der Waals surface area contributed by atoms with Crippen LogP contribution in [0.1, 0.15) is 45.5 Å². The number of ether oxygens (including phenoxy) is 1. The number of ketones is 1. The van der Waals surface area contributed by atoms with Gasteiger partial charge in [-0.2, -0.15) is 0 Å². The summed E-state index contributed by atoms with van der Waals surface area (Å²) >= 11 is 0. The SMILES string of the molecule is O=C(O)c1ccc(O)c(-c2ccc3cc(O)ccc3c2C(=O)c2ccc(OCCN3CCCCC3)cc2)c1. The van der Waals surface area contributed by atoms with Crippen molar-refractivity contribution in [3.8, 4) is 28.4 Å². The van der Waals surface area contributed by atoms with Gasteiger partial charge in [0.15, 0.2) is 5.78 Å². The van der Waals surface area contributed by atoms with E-state index in [2.05, 4.69) is 4.90 Å². The highest BCUT2D eigenvalue weighted by Crippen LogP contribution is 2.38. The number of nitrogens with zero attached hydrogens (tertiary/aromatic N) is 1. The van der Waals surface area contributed by atoms with Crippen molar-refractivity contribution in [3.63, 3.8) is 0 Å². The lowest BCUT2D eigenvalue weighted by Gasteiger charge is -2.26. The zero-order chi connectivity index (χ0) is 26.6. The number of phenols is 2. The lowest BCUT2D eigenvalue weighted by Crippen LogP contribution is -2.33. The maximum Gasteiger partial charge on any atom is 0.335 e. The molecule has 1 saturated heterocycles. The molecule has 7 heteroatoms. The van der Waals surface area contributed by atoms with Gasteiger partial charge in [0.05, 0.1) is 5.56 Å². The summed E-state index contributed by atoms with van der Waals surface area (Å²) in [5.74, 6) is -0.838. The maximum absolute atomic E-state index is 13.9. The summed E-state index contributed by atoms with van der Waals surface area (Å²) in [6.45, 7) is 3.65. The standard InChI is InChI=1S/C31H29NO6/c33-23-8-12-25-21(18-23)6-11-26(27-19-22(31(36)37)7-13-28(27)34)29(25)30(35)20-4-9-24(10-5-20)38-17-16-32-14-2-1-3-15-32/h4-13,18-19,33-34H,1-3,14-17H2,(H,36,37). The first kappa shape index (κ1) is 25.3. The molecular weight excluding hydrogens is 482 g/mol. The van der Waals surface area contributed by atoms with Gasteiger partial charge in [0.1, 0.15) is 23.9 Å². The summed E-state index contributed by atoms with van der Waals surface area (Å²) in [4.78, 5) is 27.9. The van der Waals surface area contributed by atoms with Gasteiger partial charge in [-0.05, 0) is 103 Å². The van der Waals surface area contributed by atoms with Crippen molar-refractivity contribution in [2.24, 2.45) is 0 Å². The molecule has 0 amide bonds. The summed E-state index contributed by atoms with van der Waals surface area (Å²) in [6.07, 6.45) is 3.74. The lowest BCUT2D eigenvalue weighted by atomic mass is 9.88. The zero-order valence-electron chi connectivity index (χ0n) is 20.9. The number of likely N-dealkylation sites (tertiary alicyclic amines) is 1. The van der Waals surface area contributed by atoms with E-state index < -0.39 is 5.97 Å². The second-order valence-corrected chi connectivity index (χ2v) is 9.53. The molecule has 38 heavy (non-hydrogen) atoms. The van der Waals surface area contributed by atoms with Gasteiger partial charge in [0, 0.05) is 23.2 Å². The predicted molar refractivity (Wildman–Crippen MR) is 145 cm³/mol. The number of hydrogen-bond donors (Lipinski definition) is 3. The first-order chi connectivity index (χ1) is 18.4. The number of carbonyl (C=O) groups is 2. The number of piperidine rings is 1. The van der Waals surface area contributed by atoms with Crippen molar-refractivity contribution < 1.29 is 29.6 Å². The van der Waals surface area contributed by atoms with Crippen molar-refractivity contribution in [3.05, 3.63) is 89.5 Å². The normalized spacial score (nSPS) is 13.9. The minimum Gasteiger partial charge on any atom is -0.508 e. The first-order valence-corrected chi connectivity index (χ1v) is 12.7. The first-order valence-electron chi connectivity index (χ1n) is 12.7. The molecule has 0 unspecified atom stereocenters. The number of aromatic carboxylic acids is 1. The minimum atomic E-state index is -1.14. The molecule has 0 aromatic heterocycles. The molecule has 0 atom stereocenters. The number of hydrogen-bond acceptors (Lipinski definition) is 6. The summed E-state index contributed by atoms with van der Waals surface area (Å²) in [7, 11) is 0. The number of benzene rings is 4. The van der Waals surface area contributed by atoms with Gasteiger partial charge in [0.25, 0.3) is 0 Å². The number of carboxylic acid groups (broad SMARTS) is 1. The fourth-order valence-corrected chi connectivity index (χ4v) is 4.99. The molecule has 194 valence electrons. The van der Waals surface area contributed by atoms with Gasteiger partial charge < -0.3 is 20.1 Å². The molecule has 5 rings (SSSR count). The smallest absolute Gasteiger partial charge is 0.335 e. The van der Waals surface area contributed by atoms with Crippen molar-refractivity contribution in [2.75, 3.05) is 26.2 Å². The van der Waals surface area contributed by atoms with E-state index in [1.165, 1.54) is 43.5 Å². The Morgan fingerprint density at radius 3 is 2.26 bits per heavy atom. The third-order valence-corrected chi connectivity index (χ3v) is 7.01. The zero-order valence-corrected chi connectivity index (χ0v) is 20.9. The highest BCUT2D eigenvalue weighted by Gasteiger charge is 2.21. The maximum atomic E-state index is 13.9. The lowest BCUT2D eigenvalue weighted by molar-refractivity contribution is 0.0696. The average Bonchev–Trinajstić information content (AvgIpc) is 2.93. The van der Waals surface area contributed by atoms with E-state index in [-0.39, 0.29) is 28.4 Å². The summed E-state index contributed by atoms with van der Waals surface area (Å²) in [6, 6.07) is 19.0. The van der Waals surface area contributed by atoms with Crippen LogP contribution in [0.3, 0.4) is 0 Å². The summed E-state index contributed by atoms with van der Waals surface area (Å²) in [5.41, 5.74) is 1.35. The van der Waals surface area contributed by atoms with E-state index in [9.17, 15) is 24.9 Å². The molecule has 4 aromatic carbocycles. The van der Waals surface area contributed by atoms with Crippen LogP contribution in [-0.4, -0.2) is 58.2 Å². The van der Waals surface area contributed by atoms with E-state index in [4.69, 9.17) is 4.74 Å². The van der Waals surface area contributed by atoms with Gasteiger partial charge >= 0.3 is 5.97 Å². The van der Waals surface area contributed by atoms with Gasteiger partial charge in [-0.15, -0.1) is 0 Å². The van der Waals surface area contributed by atoms with Crippen LogP contribution in [0.4, 0.5) is 0 Å². The molecule has 3 N–H and O–H groups in total. The average molecular weight is 512 g/mol. The molecule has 1 fully saturated rings. The number of fused-ring (bicyclic) bond motifs is 1. The van der Waals surface area contributed by atoms with Crippen LogP contribution in [0, 0.1) is 0 Å². The fourth-order valence-electron chi connectivity index (χ4n) is 4.99. The molecule has 4 aromatic rings. The van der Waals surface area contributed by atoms with Gasteiger partial charge in [-0.3, -0.25) is 9.69 Å². The molecule has 1 heterocycles. The van der Waals surface area contributed by atoms with Crippen LogP contribution >= 0.6 is 0 Å². The van der Waals surface area contributed by atoms with E-state index in [1.54, 1.807) is 48.5 Å². The molecule has 0 bridgehead atoms. The van der Waals surface area contributed by atoms with Crippen LogP contribution in [0.2, 0.25) is 0 Å². The third kappa shape index (κ3) is 5.33. The monoisotopic (exact) mass is 511 g/mol. The van der Waals surface area contributed by atoms with Crippen LogP contribution in [0.25, 0.3) is 21.9 Å². The Morgan fingerprint density at radius 2 is 1.53 bits per heavy atom. The molecule has 0 radical (unpaired) electrons. The summed E-state index contributed by atoms with van der Waals surface area (Å²) < 4.78 is 5.91. The van der Waals surface area contributed by atoms with E-state index >= 15 is 0 Å². The van der Waals surface area contributed by atoms with E-state index in [0.29, 0.717) is 39.8 Å². The van der Waals surface area contributed by atoms with Crippen molar-refractivity contribution in [2.45, 2.75) is 19.3 Å². The Kier molecular flexibility index (Phi) is 7.29. The minimum absolute atomic E-state index is 0.00643. The van der Waals surface area contributed by atoms with Gasteiger partial charge in [-0.1, -0.05) is 18.6 Å². The molecule has 0 spiro atoms. The van der Waals surface area contributed by atoms with Crippen LogP contribution in [0.15, 0.2) is 72.8 Å². The van der Waals surface area contributed by atoms with Crippen molar-refractivity contribution >= 4 is 22.5 Å². The Labute approximate surface area is 220 Å². The Morgan fingerprint density at radius 1 is 0.789 bits per heavy atom. The Bertz CT molecular complexity index is 1490. The number of rotatable bonds is 8. The highest BCUT2D eigenvalue weighted by molar-refractivity contribution is 6.20. The second kappa shape index (κ2) is 10.9. The van der Waals surface area contributed by atoms with Crippen LogP contribution < -0.4 is 4.74 Å². The highest BCUT2D eigenvalue weighted by atomic mass is 16.5. The Balaban J connectivity index is 1.48. The van der Waals surface area contributed by atoms with Gasteiger partial charge in [-0.25, -0.2) is 4.79 Å². The fraction of sp³-hybridized carbons (Fsp3) is 0.226. The topological polar surface area (TPSA) is 107 Å². The van der Waals surface area contributed by atoms with Crippen molar-refractivity contribution in [1.29, 1.82) is 0 Å². The molecule has 7 nitrogen and oxygen atoms in total. The Hall–Kier alpha value is -4.36. The molecular formula is C31H29NO6. The van der Waals surface area contributed by atoms with Crippen molar-refractivity contribution in [1.82, 2.24) is 4.90 Å². The molecule has 0 saturated carbocycles. The summed E-state index contributed by atoms with van der Waals surface area (Å²) in [5, 5.41) is 31.3. The molecule has 1 aliphatic heterocycles. The second-order valence-electron chi connectivity index (χ2n) is 9.53.